The Morgan fingerprint density at radius 3 is 2.63 bits per heavy atom. The number of piperidine rings is 1. The van der Waals surface area contributed by atoms with E-state index >= 15 is 0 Å². The smallest absolute Gasteiger partial charge is 0.223 e. The van der Waals surface area contributed by atoms with Crippen LogP contribution in [0.3, 0.4) is 0 Å². The van der Waals surface area contributed by atoms with Crippen molar-refractivity contribution in [1.82, 2.24) is 24.6 Å². The zero-order chi connectivity index (χ0) is 18.5. The molecule has 1 amide bonds. The number of hydrogen-bond donors (Lipinski definition) is 0. The Labute approximate surface area is 158 Å². The lowest BCUT2D eigenvalue weighted by Crippen LogP contribution is -2.38. The Morgan fingerprint density at radius 2 is 1.89 bits per heavy atom. The second-order valence-electron chi connectivity index (χ2n) is 6.92. The molecule has 0 aliphatic carbocycles. The van der Waals surface area contributed by atoms with Crippen molar-refractivity contribution < 1.29 is 4.79 Å². The first-order valence-electron chi connectivity index (χ1n) is 9.44. The van der Waals surface area contributed by atoms with Gasteiger partial charge in [-0.05, 0) is 55.0 Å². The zero-order valence-corrected chi connectivity index (χ0v) is 15.2. The molecule has 0 bridgehead atoms. The van der Waals surface area contributed by atoms with E-state index in [1.165, 1.54) is 0 Å². The molecular formula is C21H23N5O. The molecular weight excluding hydrogens is 338 g/mol. The third-order valence-corrected chi connectivity index (χ3v) is 5.17. The first kappa shape index (κ1) is 17.4. The van der Waals surface area contributed by atoms with Crippen molar-refractivity contribution in [2.24, 2.45) is 0 Å². The average molecular weight is 361 g/mol. The number of amides is 1. The lowest BCUT2D eigenvalue weighted by atomic mass is 9.95. The fraction of sp³-hybridized carbons (Fsp3) is 0.333. The number of likely N-dealkylation sites (tertiary alicyclic amines) is 1. The SMILES string of the molecule is O=C(CCc1ccc(-n2cnnc2)cc1)N1CCCCC1c1cccnc1. The summed E-state index contributed by atoms with van der Waals surface area (Å²) in [4.78, 5) is 19.2. The van der Waals surface area contributed by atoms with Gasteiger partial charge in [-0.15, -0.1) is 10.2 Å². The molecule has 0 spiro atoms. The maximum Gasteiger partial charge on any atom is 0.223 e. The number of aromatic nitrogens is 4. The first-order valence-corrected chi connectivity index (χ1v) is 9.44. The maximum atomic E-state index is 12.9. The Balaban J connectivity index is 1.39. The van der Waals surface area contributed by atoms with E-state index in [1.54, 1.807) is 18.9 Å². The fourth-order valence-corrected chi connectivity index (χ4v) is 3.71. The Bertz CT molecular complexity index is 861. The molecule has 0 N–H and O–H groups in total. The van der Waals surface area contributed by atoms with Crippen molar-refractivity contribution in [1.29, 1.82) is 0 Å². The largest absolute Gasteiger partial charge is 0.336 e. The lowest BCUT2D eigenvalue weighted by Gasteiger charge is -2.36. The predicted octanol–water partition coefficient (Wildman–Crippen LogP) is 3.35. The number of rotatable bonds is 5. The van der Waals surface area contributed by atoms with Gasteiger partial charge < -0.3 is 4.90 Å². The van der Waals surface area contributed by atoms with Crippen LogP contribution in [0.1, 0.15) is 42.9 Å². The number of aryl methyl sites for hydroxylation is 1. The van der Waals surface area contributed by atoms with E-state index < -0.39 is 0 Å². The quantitative estimate of drug-likeness (QED) is 0.699. The third kappa shape index (κ3) is 4.05. The second kappa shape index (κ2) is 8.12. The van der Waals surface area contributed by atoms with Crippen LogP contribution in [-0.2, 0) is 11.2 Å². The normalized spacial score (nSPS) is 17.0. The number of carbonyl (C=O) groups is 1. The summed E-state index contributed by atoms with van der Waals surface area (Å²) in [5, 5.41) is 7.65. The summed E-state index contributed by atoms with van der Waals surface area (Å²) in [6.45, 7) is 0.838. The molecule has 27 heavy (non-hydrogen) atoms. The molecule has 0 saturated carbocycles. The van der Waals surface area contributed by atoms with Crippen LogP contribution in [0.15, 0.2) is 61.4 Å². The van der Waals surface area contributed by atoms with E-state index in [2.05, 4.69) is 33.4 Å². The molecule has 1 unspecified atom stereocenters. The summed E-state index contributed by atoms with van der Waals surface area (Å²) in [7, 11) is 0. The van der Waals surface area contributed by atoms with Gasteiger partial charge in [-0.2, -0.15) is 0 Å². The Morgan fingerprint density at radius 1 is 1.07 bits per heavy atom. The van der Waals surface area contributed by atoms with Gasteiger partial charge in [-0.1, -0.05) is 18.2 Å². The number of pyridine rings is 1. The number of benzene rings is 1. The summed E-state index contributed by atoms with van der Waals surface area (Å²) in [5.74, 6) is 0.228. The van der Waals surface area contributed by atoms with E-state index in [0.717, 1.165) is 49.0 Å². The molecule has 2 aromatic heterocycles. The molecule has 3 aromatic rings. The van der Waals surface area contributed by atoms with E-state index in [4.69, 9.17) is 0 Å². The minimum Gasteiger partial charge on any atom is -0.336 e. The van der Waals surface area contributed by atoms with Crippen LogP contribution in [0.4, 0.5) is 0 Å². The molecule has 1 saturated heterocycles. The van der Waals surface area contributed by atoms with E-state index in [1.807, 2.05) is 33.9 Å². The minimum absolute atomic E-state index is 0.163. The summed E-state index contributed by atoms with van der Waals surface area (Å²) in [5.41, 5.74) is 3.32. The van der Waals surface area contributed by atoms with Crippen LogP contribution in [-0.4, -0.2) is 37.1 Å². The molecule has 1 atom stereocenters. The molecule has 1 aliphatic heterocycles. The summed E-state index contributed by atoms with van der Waals surface area (Å²) >= 11 is 0. The molecule has 0 radical (unpaired) electrons. The highest BCUT2D eigenvalue weighted by atomic mass is 16.2. The van der Waals surface area contributed by atoms with Crippen molar-refractivity contribution in [3.63, 3.8) is 0 Å². The minimum atomic E-state index is 0.163. The molecule has 4 rings (SSSR count). The van der Waals surface area contributed by atoms with Crippen molar-refractivity contribution in [3.05, 3.63) is 72.6 Å². The number of hydrogen-bond acceptors (Lipinski definition) is 4. The zero-order valence-electron chi connectivity index (χ0n) is 15.2. The van der Waals surface area contributed by atoms with Crippen LogP contribution in [0, 0.1) is 0 Å². The van der Waals surface area contributed by atoms with Gasteiger partial charge in [-0.3, -0.25) is 14.3 Å². The van der Waals surface area contributed by atoms with Gasteiger partial charge in [0, 0.05) is 31.0 Å². The van der Waals surface area contributed by atoms with Crippen molar-refractivity contribution >= 4 is 5.91 Å². The molecule has 1 aromatic carbocycles. The van der Waals surface area contributed by atoms with Gasteiger partial charge in [0.2, 0.25) is 5.91 Å². The maximum absolute atomic E-state index is 12.9. The van der Waals surface area contributed by atoms with E-state index in [0.29, 0.717) is 6.42 Å². The van der Waals surface area contributed by atoms with Gasteiger partial charge in [0.05, 0.1) is 6.04 Å². The van der Waals surface area contributed by atoms with Gasteiger partial charge in [0.1, 0.15) is 12.7 Å². The van der Waals surface area contributed by atoms with Gasteiger partial charge in [-0.25, -0.2) is 0 Å². The van der Waals surface area contributed by atoms with Crippen LogP contribution in [0.5, 0.6) is 0 Å². The Hall–Kier alpha value is -3.02. The van der Waals surface area contributed by atoms with Crippen LogP contribution in [0.25, 0.3) is 5.69 Å². The molecule has 6 heteroatoms. The average Bonchev–Trinajstić information content (AvgIpc) is 3.28. The standard InChI is InChI=1S/C21H23N5O/c27-21(26-13-2-1-5-20(26)18-4-3-12-22-14-18)11-8-17-6-9-19(10-7-17)25-15-23-24-16-25/h3-4,6-7,9-10,12,14-16,20H,1-2,5,8,11,13H2. The molecule has 1 fully saturated rings. The third-order valence-electron chi connectivity index (χ3n) is 5.17. The highest BCUT2D eigenvalue weighted by Gasteiger charge is 2.27. The topological polar surface area (TPSA) is 63.9 Å². The Kier molecular flexibility index (Phi) is 5.23. The van der Waals surface area contributed by atoms with Crippen LogP contribution < -0.4 is 0 Å². The van der Waals surface area contributed by atoms with Crippen molar-refractivity contribution in [3.8, 4) is 5.69 Å². The van der Waals surface area contributed by atoms with Gasteiger partial charge >= 0.3 is 0 Å². The van der Waals surface area contributed by atoms with E-state index in [9.17, 15) is 4.79 Å². The van der Waals surface area contributed by atoms with Crippen molar-refractivity contribution in [2.75, 3.05) is 6.54 Å². The second-order valence-corrected chi connectivity index (χ2v) is 6.92. The predicted molar refractivity (Wildman–Crippen MR) is 102 cm³/mol. The highest BCUT2D eigenvalue weighted by Crippen LogP contribution is 2.31. The lowest BCUT2D eigenvalue weighted by molar-refractivity contribution is -0.135. The molecule has 6 nitrogen and oxygen atoms in total. The molecule has 1 aliphatic rings. The van der Waals surface area contributed by atoms with Crippen LogP contribution in [0.2, 0.25) is 0 Å². The van der Waals surface area contributed by atoms with Gasteiger partial charge in [0.15, 0.2) is 0 Å². The number of carbonyl (C=O) groups excluding carboxylic acids is 1. The first-order chi connectivity index (χ1) is 13.3. The number of nitrogens with zero attached hydrogens (tertiary/aromatic N) is 5. The monoisotopic (exact) mass is 361 g/mol. The highest BCUT2D eigenvalue weighted by molar-refractivity contribution is 5.77. The summed E-state index contributed by atoms with van der Waals surface area (Å²) < 4.78 is 1.86. The van der Waals surface area contributed by atoms with E-state index in [-0.39, 0.29) is 11.9 Å². The fourth-order valence-electron chi connectivity index (χ4n) is 3.71. The van der Waals surface area contributed by atoms with Crippen molar-refractivity contribution in [2.45, 2.75) is 38.1 Å². The summed E-state index contributed by atoms with van der Waals surface area (Å²) in [6.07, 6.45) is 11.6. The van der Waals surface area contributed by atoms with Gasteiger partial charge in [0.25, 0.3) is 0 Å². The summed E-state index contributed by atoms with van der Waals surface area (Å²) in [6, 6.07) is 12.4. The van der Waals surface area contributed by atoms with Crippen LogP contribution >= 0.6 is 0 Å². The molecule has 138 valence electrons. The molecule has 3 heterocycles.